The molecule has 0 radical (unpaired) electrons. The van der Waals surface area contributed by atoms with E-state index in [4.69, 9.17) is 22.1 Å². The average molecular weight is 151 g/mol. The van der Waals surface area contributed by atoms with E-state index in [0.717, 1.165) is 0 Å². The highest BCUT2D eigenvalue weighted by Crippen LogP contribution is 1.72. The third-order valence-electron chi connectivity index (χ3n) is 0.496. The van der Waals surface area contributed by atoms with Gasteiger partial charge in [-0.15, -0.1) is 0 Å². The molecule has 0 amide bonds. The first kappa shape index (κ1) is 11.7. The Hall–Kier alpha value is -2.10. The number of H-pyrrole nitrogens is 1. The number of hydrogen-bond donors (Lipinski definition) is 1. The second-order valence-electron chi connectivity index (χ2n) is 1.06. The van der Waals surface area contributed by atoms with Gasteiger partial charge in [-0.25, -0.2) is 0 Å². The zero-order valence-corrected chi connectivity index (χ0v) is 5.49. The van der Waals surface area contributed by atoms with E-state index in [9.17, 15) is 0 Å². The van der Waals surface area contributed by atoms with Gasteiger partial charge in [0.25, 0.3) is 0 Å². The summed E-state index contributed by atoms with van der Waals surface area (Å²) in [7, 11) is 0. The first-order valence-corrected chi connectivity index (χ1v) is 2.38. The van der Waals surface area contributed by atoms with Gasteiger partial charge in [-0.3, -0.25) is 9.82 Å². The Morgan fingerprint density at radius 1 is 0.818 bits per heavy atom. The van der Waals surface area contributed by atoms with Gasteiger partial charge in [-0.05, 0) is 12.1 Å². The molecule has 0 aliphatic carbocycles. The third kappa shape index (κ3) is 32.7. The Morgan fingerprint density at radius 3 is 1.18 bits per heavy atom. The molecule has 0 saturated heterocycles. The van der Waals surface area contributed by atoms with Gasteiger partial charge in [-0.2, -0.15) is 0 Å². The summed E-state index contributed by atoms with van der Waals surface area (Å²) in [6, 6.07) is 3.89. The molecule has 1 aromatic heterocycles. The summed E-state index contributed by atoms with van der Waals surface area (Å²) in [5.74, 6) is 0. The van der Waals surface area contributed by atoms with E-state index in [1.54, 1.807) is 0 Å². The van der Waals surface area contributed by atoms with Crippen LogP contribution in [0.4, 0.5) is 0 Å². The van der Waals surface area contributed by atoms with E-state index in [1.807, 2.05) is 24.5 Å². The summed E-state index contributed by atoms with van der Waals surface area (Å²) >= 11 is 0. The lowest BCUT2D eigenvalue weighted by Gasteiger charge is -1.49. The SMILES string of the molecule is [N-]=[N+]=[N-].[N-]=[N+]=[N-].c1cc[nH]c1. The molecule has 0 aliphatic heterocycles. The van der Waals surface area contributed by atoms with Crippen molar-refractivity contribution in [2.45, 2.75) is 0 Å². The van der Waals surface area contributed by atoms with Crippen LogP contribution in [-0.4, -0.2) is 4.98 Å². The predicted molar refractivity (Wildman–Crippen MR) is 40.9 cm³/mol. The summed E-state index contributed by atoms with van der Waals surface area (Å²) in [6.45, 7) is 0. The highest BCUT2D eigenvalue weighted by Gasteiger charge is 1.55. The van der Waals surface area contributed by atoms with Crippen LogP contribution in [0.5, 0.6) is 0 Å². The molecular formula is C4H5N7-2. The van der Waals surface area contributed by atoms with Crippen molar-refractivity contribution in [3.63, 3.8) is 0 Å². The molecular weight excluding hydrogens is 146 g/mol. The Labute approximate surface area is 62.5 Å². The van der Waals surface area contributed by atoms with Crippen molar-refractivity contribution < 1.29 is 0 Å². The van der Waals surface area contributed by atoms with Crippen LogP contribution in [-0.2, 0) is 0 Å². The normalized spacial score (nSPS) is 5.09. The minimum atomic E-state index is 1.50. The van der Waals surface area contributed by atoms with Gasteiger partial charge in [0.15, 0.2) is 0 Å². The minimum absolute atomic E-state index is 1.50. The standard InChI is InChI=1S/C4H5N.2N3/c1-2-4-5-3-1;2*1-3-2/h1-5H;;/q;2*-1. The molecule has 0 spiro atoms. The van der Waals surface area contributed by atoms with Gasteiger partial charge >= 0.3 is 0 Å². The second-order valence-corrected chi connectivity index (χ2v) is 1.06. The molecule has 1 aromatic rings. The van der Waals surface area contributed by atoms with Crippen molar-refractivity contribution in [2.24, 2.45) is 0 Å². The zero-order valence-electron chi connectivity index (χ0n) is 5.49. The lowest BCUT2D eigenvalue weighted by molar-refractivity contribution is 1.42. The lowest BCUT2D eigenvalue weighted by Crippen LogP contribution is -1.38. The van der Waals surface area contributed by atoms with Crippen molar-refractivity contribution in [2.75, 3.05) is 0 Å². The largest absolute Gasteiger partial charge is 0.373 e. The van der Waals surface area contributed by atoms with E-state index >= 15 is 0 Å². The van der Waals surface area contributed by atoms with E-state index in [2.05, 4.69) is 4.98 Å². The first-order chi connectivity index (χ1) is 5.33. The van der Waals surface area contributed by atoms with Crippen LogP contribution in [0, 0.1) is 0 Å². The van der Waals surface area contributed by atoms with Crippen molar-refractivity contribution in [1.29, 1.82) is 0 Å². The van der Waals surface area contributed by atoms with E-state index in [1.165, 1.54) is 9.82 Å². The van der Waals surface area contributed by atoms with Crippen LogP contribution in [0.15, 0.2) is 24.5 Å². The summed E-state index contributed by atoms with van der Waals surface area (Å²) in [4.78, 5) is 5.86. The number of rotatable bonds is 0. The average Bonchev–Trinajstić information content (AvgIpc) is 2.44. The highest BCUT2D eigenvalue weighted by atomic mass is 15.0. The molecule has 1 rings (SSSR count). The van der Waals surface area contributed by atoms with Gasteiger partial charge in [0.2, 0.25) is 0 Å². The van der Waals surface area contributed by atoms with Crippen LogP contribution < -0.4 is 0 Å². The number of nitrogens with one attached hydrogen (secondary N) is 1. The topological polar surface area (TPSA) is 133 Å². The smallest absolute Gasteiger partial charge is 0.000496 e. The maximum atomic E-state index is 6.75. The second kappa shape index (κ2) is 15.7. The highest BCUT2D eigenvalue weighted by molar-refractivity contribution is 4.84. The minimum Gasteiger partial charge on any atom is -0.373 e. The summed E-state index contributed by atoms with van der Waals surface area (Å²) in [5, 5.41) is 0. The van der Waals surface area contributed by atoms with Gasteiger partial charge < -0.3 is 27.1 Å². The van der Waals surface area contributed by atoms with Crippen LogP contribution >= 0.6 is 0 Å². The summed E-state index contributed by atoms with van der Waals surface area (Å²) in [6.07, 6.45) is 3.75. The molecule has 7 heteroatoms. The maximum Gasteiger partial charge on any atom is 0.000496 e. The Morgan fingerprint density at radius 2 is 1.09 bits per heavy atom. The molecule has 0 bridgehead atoms. The fourth-order valence-corrected chi connectivity index (χ4v) is 0.278. The molecule has 0 atom stereocenters. The van der Waals surface area contributed by atoms with Crippen LogP contribution in [0.25, 0.3) is 31.9 Å². The predicted octanol–water partition coefficient (Wildman–Crippen LogP) is 2.75. The third-order valence-corrected chi connectivity index (χ3v) is 0.496. The molecule has 58 valence electrons. The maximum absolute atomic E-state index is 6.75. The number of aromatic amines is 1. The van der Waals surface area contributed by atoms with Gasteiger partial charge in [0.1, 0.15) is 0 Å². The van der Waals surface area contributed by atoms with Crippen molar-refractivity contribution in [3.8, 4) is 0 Å². The van der Waals surface area contributed by atoms with Gasteiger partial charge in [0, 0.05) is 12.4 Å². The molecule has 0 aliphatic rings. The van der Waals surface area contributed by atoms with Crippen molar-refractivity contribution >= 4 is 0 Å². The molecule has 0 fully saturated rings. The fraction of sp³-hybridized carbons (Fsp3) is 0. The number of aromatic nitrogens is 1. The molecule has 11 heavy (non-hydrogen) atoms. The Bertz CT molecular complexity index is 171. The summed E-state index contributed by atoms with van der Waals surface area (Å²) in [5.41, 5.74) is 27.0. The van der Waals surface area contributed by atoms with E-state index in [-0.39, 0.29) is 0 Å². The van der Waals surface area contributed by atoms with Crippen LogP contribution in [0.1, 0.15) is 0 Å². The van der Waals surface area contributed by atoms with E-state index in [0.29, 0.717) is 0 Å². The molecule has 1 N–H and O–H groups in total. The van der Waals surface area contributed by atoms with Gasteiger partial charge in [0.05, 0.1) is 0 Å². The van der Waals surface area contributed by atoms with Crippen LogP contribution in [0.2, 0.25) is 0 Å². The monoisotopic (exact) mass is 151 g/mol. The van der Waals surface area contributed by atoms with E-state index < -0.39 is 0 Å². The zero-order chi connectivity index (χ0) is 8.95. The molecule has 1 heterocycles. The van der Waals surface area contributed by atoms with Crippen LogP contribution in [0.3, 0.4) is 0 Å². The molecule has 0 unspecified atom stereocenters. The number of nitrogens with zero attached hydrogens (tertiary/aromatic N) is 6. The Kier molecular flexibility index (Phi) is 16.6. The Balaban J connectivity index is 0. The molecule has 0 aromatic carbocycles. The lowest BCUT2D eigenvalue weighted by atomic mass is 10.7. The molecule has 7 nitrogen and oxygen atoms in total. The van der Waals surface area contributed by atoms with Gasteiger partial charge in [-0.1, -0.05) is 0 Å². The number of hydrogen-bond acceptors (Lipinski definition) is 0. The quantitative estimate of drug-likeness (QED) is 0.331. The molecule has 0 saturated carbocycles. The fourth-order valence-electron chi connectivity index (χ4n) is 0.278. The van der Waals surface area contributed by atoms with Crippen molar-refractivity contribution in [1.82, 2.24) is 4.98 Å². The first-order valence-electron chi connectivity index (χ1n) is 2.38. The van der Waals surface area contributed by atoms with Crippen molar-refractivity contribution in [3.05, 3.63) is 56.5 Å². The summed E-state index contributed by atoms with van der Waals surface area (Å²) < 4.78 is 0.